The highest BCUT2D eigenvalue weighted by Crippen LogP contribution is 2.09. The molecule has 0 radical (unpaired) electrons. The Hall–Kier alpha value is -2.52. The predicted molar refractivity (Wildman–Crippen MR) is 105 cm³/mol. The molecule has 0 bridgehead atoms. The molecule has 0 saturated heterocycles. The smallest absolute Gasteiger partial charge is 0.407 e. The van der Waals surface area contributed by atoms with E-state index in [1.807, 2.05) is 35.2 Å². The minimum absolute atomic E-state index is 0.111. The average molecular weight is 374 g/mol. The molecule has 0 heterocycles. The minimum atomic E-state index is -0.598. The zero-order chi connectivity index (χ0) is 20.3. The molecule has 1 aromatic rings. The van der Waals surface area contributed by atoms with Crippen LogP contribution < -0.4 is 5.32 Å². The van der Waals surface area contributed by atoms with Crippen LogP contribution in [0.3, 0.4) is 0 Å². The zero-order valence-corrected chi connectivity index (χ0v) is 16.7. The van der Waals surface area contributed by atoms with E-state index in [4.69, 9.17) is 15.9 Å². The Labute approximate surface area is 162 Å². The first-order valence-electron chi connectivity index (χ1n) is 9.08. The second-order valence-corrected chi connectivity index (χ2v) is 7.21. The van der Waals surface area contributed by atoms with E-state index < -0.39 is 11.7 Å². The molecule has 0 saturated carbocycles. The SMILES string of the molecule is C#CC[C@@H](CN(CC(=O)OCC)Cc1ccccc1)NC(=O)OC(C)(C)C. The number of carbonyl (C=O) groups excluding carboxylic acids is 2. The van der Waals surface area contributed by atoms with Crippen molar-refractivity contribution in [1.29, 1.82) is 0 Å². The monoisotopic (exact) mass is 374 g/mol. The second kappa shape index (κ2) is 11.2. The van der Waals surface area contributed by atoms with E-state index in [2.05, 4.69) is 11.2 Å². The van der Waals surface area contributed by atoms with Crippen LogP contribution in [-0.4, -0.2) is 48.3 Å². The normalized spacial score (nSPS) is 12.1. The number of nitrogens with zero attached hydrogens (tertiary/aromatic N) is 1. The molecule has 0 aliphatic heterocycles. The van der Waals surface area contributed by atoms with Crippen LogP contribution >= 0.6 is 0 Å². The van der Waals surface area contributed by atoms with Gasteiger partial charge in [-0.15, -0.1) is 12.3 Å². The van der Waals surface area contributed by atoms with Gasteiger partial charge in [-0.3, -0.25) is 9.69 Å². The zero-order valence-electron chi connectivity index (χ0n) is 16.7. The van der Waals surface area contributed by atoms with E-state index in [1.165, 1.54) is 0 Å². The summed E-state index contributed by atoms with van der Waals surface area (Å²) in [4.78, 5) is 26.0. The molecule has 0 fully saturated rings. The molecule has 6 heteroatoms. The van der Waals surface area contributed by atoms with Crippen molar-refractivity contribution in [2.45, 2.75) is 52.3 Å². The van der Waals surface area contributed by atoms with Crippen LogP contribution in [0, 0.1) is 12.3 Å². The van der Waals surface area contributed by atoms with E-state index >= 15 is 0 Å². The lowest BCUT2D eigenvalue weighted by atomic mass is 10.1. The molecule has 0 unspecified atom stereocenters. The molecule has 0 aromatic heterocycles. The average Bonchev–Trinajstić information content (AvgIpc) is 2.54. The first-order chi connectivity index (χ1) is 12.7. The Kier molecular flexibility index (Phi) is 9.38. The third-order valence-electron chi connectivity index (χ3n) is 3.47. The van der Waals surface area contributed by atoms with Crippen LogP contribution in [0.25, 0.3) is 0 Å². The van der Waals surface area contributed by atoms with Crippen molar-refractivity contribution in [3.8, 4) is 12.3 Å². The van der Waals surface area contributed by atoms with Crippen molar-refractivity contribution in [1.82, 2.24) is 10.2 Å². The van der Waals surface area contributed by atoms with Gasteiger partial charge in [0, 0.05) is 19.5 Å². The molecule has 0 aliphatic rings. The van der Waals surface area contributed by atoms with Gasteiger partial charge in [0.15, 0.2) is 0 Å². The second-order valence-electron chi connectivity index (χ2n) is 7.21. The van der Waals surface area contributed by atoms with Crippen LogP contribution in [0.1, 0.15) is 39.7 Å². The lowest BCUT2D eigenvalue weighted by Crippen LogP contribution is -2.46. The molecular weight excluding hydrogens is 344 g/mol. The number of ether oxygens (including phenoxy) is 2. The van der Waals surface area contributed by atoms with Gasteiger partial charge >= 0.3 is 12.1 Å². The fourth-order valence-corrected chi connectivity index (χ4v) is 2.51. The third-order valence-corrected chi connectivity index (χ3v) is 3.47. The largest absolute Gasteiger partial charge is 0.465 e. The quantitative estimate of drug-likeness (QED) is 0.532. The Balaban J connectivity index is 2.82. The molecule has 1 N–H and O–H groups in total. The molecule has 148 valence electrons. The highest BCUT2D eigenvalue weighted by molar-refractivity contribution is 5.71. The summed E-state index contributed by atoms with van der Waals surface area (Å²) in [5, 5.41) is 2.80. The Morgan fingerprint density at radius 1 is 1.26 bits per heavy atom. The van der Waals surface area contributed by atoms with Crippen molar-refractivity contribution in [3.63, 3.8) is 0 Å². The lowest BCUT2D eigenvalue weighted by molar-refractivity contribution is -0.144. The summed E-state index contributed by atoms with van der Waals surface area (Å²) in [5.41, 5.74) is 0.456. The van der Waals surface area contributed by atoms with Gasteiger partial charge in [0.05, 0.1) is 19.2 Å². The number of esters is 1. The van der Waals surface area contributed by atoms with Crippen LogP contribution in [0.15, 0.2) is 30.3 Å². The van der Waals surface area contributed by atoms with E-state index in [0.29, 0.717) is 26.1 Å². The highest BCUT2D eigenvalue weighted by Gasteiger charge is 2.22. The molecular formula is C21H30N2O4. The van der Waals surface area contributed by atoms with Crippen molar-refractivity contribution in [2.75, 3.05) is 19.7 Å². The van der Waals surface area contributed by atoms with E-state index in [-0.39, 0.29) is 18.6 Å². The van der Waals surface area contributed by atoms with E-state index in [0.717, 1.165) is 5.56 Å². The predicted octanol–water partition coefficient (Wildman–Crippen LogP) is 2.97. The van der Waals surface area contributed by atoms with Crippen molar-refractivity contribution >= 4 is 12.1 Å². The van der Waals surface area contributed by atoms with Crippen LogP contribution in [0.5, 0.6) is 0 Å². The number of benzene rings is 1. The van der Waals surface area contributed by atoms with Crippen molar-refractivity contribution in [3.05, 3.63) is 35.9 Å². The summed E-state index contributed by atoms with van der Waals surface area (Å²) in [6.45, 7) is 8.53. The number of alkyl carbamates (subject to hydrolysis) is 1. The first kappa shape index (κ1) is 22.5. The Bertz CT molecular complexity index is 632. The van der Waals surface area contributed by atoms with Crippen LogP contribution in [0.4, 0.5) is 4.79 Å². The number of rotatable bonds is 9. The van der Waals surface area contributed by atoms with Gasteiger partial charge in [-0.25, -0.2) is 4.79 Å². The summed E-state index contributed by atoms with van der Waals surface area (Å²) < 4.78 is 10.4. The number of carbonyl (C=O) groups is 2. The standard InChI is InChI=1S/C21H30N2O4/c1-6-11-18(22-20(25)27-21(3,4)5)15-23(16-19(24)26-7-2)14-17-12-9-8-10-13-17/h1,8-10,12-13,18H,7,11,14-16H2,2-5H3,(H,22,25)/t18-/m0/s1. The Morgan fingerprint density at radius 2 is 1.93 bits per heavy atom. The number of terminal acetylenes is 1. The van der Waals surface area contributed by atoms with Gasteiger partial charge in [0.1, 0.15) is 5.60 Å². The number of hydrogen-bond acceptors (Lipinski definition) is 5. The summed E-state index contributed by atoms with van der Waals surface area (Å²) in [6, 6.07) is 9.43. The van der Waals surface area contributed by atoms with Gasteiger partial charge in [-0.2, -0.15) is 0 Å². The number of nitrogens with one attached hydrogen (secondary N) is 1. The summed E-state index contributed by atoms with van der Waals surface area (Å²) in [7, 11) is 0. The van der Waals surface area contributed by atoms with Gasteiger partial charge in [0.25, 0.3) is 0 Å². The highest BCUT2D eigenvalue weighted by atomic mass is 16.6. The van der Waals surface area contributed by atoms with E-state index in [9.17, 15) is 9.59 Å². The van der Waals surface area contributed by atoms with Gasteiger partial charge in [-0.05, 0) is 33.3 Å². The molecule has 0 aliphatic carbocycles. The summed E-state index contributed by atoms with van der Waals surface area (Å²) >= 11 is 0. The topological polar surface area (TPSA) is 67.9 Å². The fourth-order valence-electron chi connectivity index (χ4n) is 2.51. The van der Waals surface area contributed by atoms with Crippen LogP contribution in [-0.2, 0) is 20.8 Å². The minimum Gasteiger partial charge on any atom is -0.465 e. The maximum Gasteiger partial charge on any atom is 0.407 e. The van der Waals surface area contributed by atoms with Gasteiger partial charge < -0.3 is 14.8 Å². The molecule has 6 nitrogen and oxygen atoms in total. The van der Waals surface area contributed by atoms with Crippen molar-refractivity contribution < 1.29 is 19.1 Å². The molecule has 1 amide bonds. The summed E-state index contributed by atoms with van der Waals surface area (Å²) in [5.74, 6) is 2.26. The third kappa shape index (κ3) is 10.3. The molecule has 1 atom stereocenters. The van der Waals surface area contributed by atoms with Crippen molar-refractivity contribution in [2.24, 2.45) is 0 Å². The van der Waals surface area contributed by atoms with Gasteiger partial charge in [0.2, 0.25) is 0 Å². The van der Waals surface area contributed by atoms with E-state index in [1.54, 1.807) is 27.7 Å². The fraction of sp³-hybridized carbons (Fsp3) is 0.524. The van der Waals surface area contributed by atoms with Crippen LogP contribution in [0.2, 0.25) is 0 Å². The summed E-state index contributed by atoms with van der Waals surface area (Å²) in [6.07, 6.45) is 5.25. The molecule has 1 rings (SSSR count). The lowest BCUT2D eigenvalue weighted by Gasteiger charge is -2.28. The molecule has 27 heavy (non-hydrogen) atoms. The molecule has 1 aromatic carbocycles. The maximum atomic E-state index is 12.1. The Morgan fingerprint density at radius 3 is 2.48 bits per heavy atom. The molecule has 0 spiro atoms. The number of amides is 1. The van der Waals surface area contributed by atoms with Gasteiger partial charge in [-0.1, -0.05) is 30.3 Å². The first-order valence-corrected chi connectivity index (χ1v) is 9.08. The maximum absolute atomic E-state index is 12.1. The number of hydrogen-bond donors (Lipinski definition) is 1.